The quantitative estimate of drug-likeness (QED) is 0.753. The summed E-state index contributed by atoms with van der Waals surface area (Å²) in [6.07, 6.45) is 6.47. The van der Waals surface area contributed by atoms with E-state index in [0.29, 0.717) is 44.0 Å². The highest BCUT2D eigenvalue weighted by Gasteiger charge is 2.55. The molecule has 1 unspecified atom stereocenters. The number of carbonyl (C=O) groups excluding carboxylic acids is 1. The molecule has 9 nitrogen and oxygen atoms in total. The summed E-state index contributed by atoms with van der Waals surface area (Å²) in [6.45, 7) is 5.57. The number of rotatable bonds is 5. The minimum absolute atomic E-state index is 0.136. The molecule has 1 spiro atoms. The van der Waals surface area contributed by atoms with Crippen molar-refractivity contribution in [1.82, 2.24) is 9.97 Å². The van der Waals surface area contributed by atoms with Crippen molar-refractivity contribution < 1.29 is 19.0 Å². The molecule has 1 aromatic heterocycles. The van der Waals surface area contributed by atoms with Crippen molar-refractivity contribution in [2.45, 2.75) is 37.6 Å². The Kier molecular flexibility index (Phi) is 5.99. The van der Waals surface area contributed by atoms with Crippen molar-refractivity contribution in [3.05, 3.63) is 6.20 Å². The highest BCUT2D eigenvalue weighted by molar-refractivity contribution is 6.08. The lowest BCUT2D eigenvalue weighted by atomic mass is 9.87. The third-order valence-corrected chi connectivity index (χ3v) is 7.24. The Labute approximate surface area is 183 Å². The van der Waals surface area contributed by atoms with E-state index in [1.165, 1.54) is 0 Å². The molecule has 3 saturated heterocycles. The van der Waals surface area contributed by atoms with E-state index in [1.54, 1.807) is 0 Å². The van der Waals surface area contributed by atoms with Gasteiger partial charge in [0.15, 0.2) is 5.82 Å². The molecule has 1 aromatic rings. The van der Waals surface area contributed by atoms with Crippen LogP contribution in [0.4, 0.5) is 17.5 Å². The smallest absolute Gasteiger partial charge is 0.255 e. The van der Waals surface area contributed by atoms with Gasteiger partial charge in [0, 0.05) is 59.6 Å². The van der Waals surface area contributed by atoms with Gasteiger partial charge in [0.1, 0.15) is 11.2 Å². The Morgan fingerprint density at radius 3 is 2.32 bits per heavy atom. The van der Waals surface area contributed by atoms with E-state index < -0.39 is 5.54 Å². The number of anilines is 3. The monoisotopic (exact) mass is 431 g/mol. The average molecular weight is 432 g/mol. The maximum Gasteiger partial charge on any atom is 0.255 e. The van der Waals surface area contributed by atoms with E-state index in [2.05, 4.69) is 15.2 Å². The molecule has 5 heterocycles. The van der Waals surface area contributed by atoms with Crippen molar-refractivity contribution in [2.24, 2.45) is 11.8 Å². The summed E-state index contributed by atoms with van der Waals surface area (Å²) in [5.74, 6) is 2.46. The minimum Gasteiger partial charge on any atom is -0.381 e. The molecule has 1 N–H and O–H groups in total. The Balaban J connectivity index is 1.54. The Hall–Kier alpha value is -1.97. The molecule has 1 atom stereocenters. The van der Waals surface area contributed by atoms with Crippen LogP contribution in [0.5, 0.6) is 0 Å². The van der Waals surface area contributed by atoms with Crippen molar-refractivity contribution in [1.29, 1.82) is 0 Å². The number of fused-ring (bicyclic) bond motifs is 1. The van der Waals surface area contributed by atoms with E-state index in [1.807, 2.05) is 18.1 Å². The van der Waals surface area contributed by atoms with Crippen LogP contribution in [0.2, 0.25) is 0 Å². The van der Waals surface area contributed by atoms with Crippen LogP contribution in [-0.4, -0.2) is 81.2 Å². The molecule has 1 amide bonds. The first-order chi connectivity index (χ1) is 15.2. The number of ether oxygens (including phenoxy) is 3. The van der Waals surface area contributed by atoms with Crippen LogP contribution in [-0.2, 0) is 19.0 Å². The topological polar surface area (TPSA) is 89.1 Å². The molecule has 3 fully saturated rings. The first kappa shape index (κ1) is 20.9. The number of hydrogen-bond acceptors (Lipinski definition) is 8. The molecule has 0 aromatic carbocycles. The van der Waals surface area contributed by atoms with E-state index in [4.69, 9.17) is 19.2 Å². The molecule has 170 valence electrons. The van der Waals surface area contributed by atoms with Gasteiger partial charge < -0.3 is 29.3 Å². The summed E-state index contributed by atoms with van der Waals surface area (Å²) < 4.78 is 17.0. The lowest BCUT2D eigenvalue weighted by molar-refractivity contribution is -0.124. The van der Waals surface area contributed by atoms with Gasteiger partial charge in [0.2, 0.25) is 5.95 Å². The van der Waals surface area contributed by atoms with E-state index in [9.17, 15) is 4.79 Å². The molecule has 0 bridgehead atoms. The molecule has 4 aliphatic heterocycles. The number of aromatic nitrogens is 2. The third-order valence-electron chi connectivity index (χ3n) is 7.24. The highest BCUT2D eigenvalue weighted by atomic mass is 16.5. The van der Waals surface area contributed by atoms with Gasteiger partial charge in [-0.05, 0) is 37.5 Å². The molecule has 9 heteroatoms. The van der Waals surface area contributed by atoms with Gasteiger partial charge in [-0.1, -0.05) is 0 Å². The predicted octanol–water partition coefficient (Wildman–Crippen LogP) is 1.68. The fourth-order valence-corrected chi connectivity index (χ4v) is 5.31. The number of hydrogen-bond donors (Lipinski definition) is 1. The maximum absolute atomic E-state index is 14.1. The summed E-state index contributed by atoms with van der Waals surface area (Å²) in [7, 11) is 1.83. The van der Waals surface area contributed by atoms with Crippen LogP contribution in [0.15, 0.2) is 6.20 Å². The Morgan fingerprint density at radius 1 is 1.03 bits per heavy atom. The van der Waals surface area contributed by atoms with Crippen LogP contribution >= 0.6 is 0 Å². The minimum atomic E-state index is -0.685. The molecule has 0 aliphatic carbocycles. The highest BCUT2D eigenvalue weighted by Crippen LogP contribution is 2.44. The fourth-order valence-electron chi connectivity index (χ4n) is 5.31. The van der Waals surface area contributed by atoms with Crippen molar-refractivity contribution >= 4 is 23.4 Å². The standard InChI is InChI=1S/C22H33N5O4/c1-23-21-24-12-18-19(25-21)27(14-17-4-9-30-10-5-17)22(6-11-31-15-22)20(28)26(18)13-16-2-7-29-8-3-16/h12,16-17H,2-11,13-15H2,1H3,(H,23,24,25). The molecule has 4 aliphatic rings. The van der Waals surface area contributed by atoms with Crippen LogP contribution in [0.3, 0.4) is 0 Å². The fraction of sp³-hybridized carbons (Fsp3) is 0.773. The summed E-state index contributed by atoms with van der Waals surface area (Å²) in [5.41, 5.74) is 0.135. The zero-order chi connectivity index (χ0) is 21.3. The van der Waals surface area contributed by atoms with E-state index in [-0.39, 0.29) is 5.91 Å². The maximum atomic E-state index is 14.1. The van der Waals surface area contributed by atoms with Crippen LogP contribution in [0.1, 0.15) is 32.1 Å². The third kappa shape index (κ3) is 3.87. The second-order valence-electron chi connectivity index (χ2n) is 9.12. The average Bonchev–Trinajstić information content (AvgIpc) is 3.31. The zero-order valence-corrected chi connectivity index (χ0v) is 18.3. The van der Waals surface area contributed by atoms with Gasteiger partial charge in [-0.25, -0.2) is 4.98 Å². The molecule has 5 rings (SSSR count). The summed E-state index contributed by atoms with van der Waals surface area (Å²) in [5, 5.41) is 3.07. The lowest BCUT2D eigenvalue weighted by Crippen LogP contribution is -2.66. The number of carbonyl (C=O) groups is 1. The van der Waals surface area contributed by atoms with Crippen molar-refractivity contribution in [3.8, 4) is 0 Å². The normalized spacial score (nSPS) is 27.7. The lowest BCUT2D eigenvalue weighted by Gasteiger charge is -2.49. The second kappa shape index (κ2) is 8.88. The van der Waals surface area contributed by atoms with Gasteiger partial charge in [-0.3, -0.25) is 4.79 Å². The van der Waals surface area contributed by atoms with Crippen LogP contribution < -0.4 is 15.1 Å². The Bertz CT molecular complexity index is 788. The second-order valence-corrected chi connectivity index (χ2v) is 9.12. The summed E-state index contributed by atoms with van der Waals surface area (Å²) >= 11 is 0. The largest absolute Gasteiger partial charge is 0.381 e. The number of amides is 1. The molecular formula is C22H33N5O4. The van der Waals surface area contributed by atoms with Gasteiger partial charge in [0.25, 0.3) is 5.91 Å². The number of nitrogens with zero attached hydrogens (tertiary/aromatic N) is 4. The number of nitrogens with one attached hydrogen (secondary N) is 1. The molecule has 0 radical (unpaired) electrons. The Morgan fingerprint density at radius 2 is 1.71 bits per heavy atom. The first-order valence-corrected chi connectivity index (χ1v) is 11.6. The van der Waals surface area contributed by atoms with Gasteiger partial charge in [-0.2, -0.15) is 4.98 Å². The molecular weight excluding hydrogens is 398 g/mol. The summed E-state index contributed by atoms with van der Waals surface area (Å²) in [4.78, 5) is 27.6. The van der Waals surface area contributed by atoms with E-state index >= 15 is 0 Å². The predicted molar refractivity (Wildman–Crippen MR) is 117 cm³/mol. The van der Waals surface area contributed by atoms with Crippen molar-refractivity contribution in [3.63, 3.8) is 0 Å². The summed E-state index contributed by atoms with van der Waals surface area (Å²) in [6, 6.07) is 0. The zero-order valence-electron chi connectivity index (χ0n) is 18.3. The SMILES string of the molecule is CNc1ncc2c(n1)N(CC1CCOCC1)C1(CCOC1)C(=O)N2CC1CCOCC1. The molecule has 0 saturated carbocycles. The van der Waals surface area contributed by atoms with Crippen LogP contribution in [0.25, 0.3) is 0 Å². The van der Waals surface area contributed by atoms with Crippen LogP contribution in [0, 0.1) is 11.8 Å². The van der Waals surface area contributed by atoms with Gasteiger partial charge >= 0.3 is 0 Å². The van der Waals surface area contributed by atoms with Gasteiger partial charge in [0.05, 0.1) is 12.8 Å². The molecule has 31 heavy (non-hydrogen) atoms. The van der Waals surface area contributed by atoms with Gasteiger partial charge in [-0.15, -0.1) is 0 Å². The van der Waals surface area contributed by atoms with Crippen molar-refractivity contribution in [2.75, 3.05) is 74.9 Å². The van der Waals surface area contributed by atoms with E-state index in [0.717, 1.165) is 70.2 Å². The first-order valence-electron chi connectivity index (χ1n) is 11.6.